The molecule has 17 heavy (non-hydrogen) atoms. The molecule has 7 heteroatoms. The Kier molecular flexibility index (Phi) is 4.00. The summed E-state index contributed by atoms with van der Waals surface area (Å²) in [4.78, 5) is 21.5. The molecule has 92 valence electrons. The van der Waals surface area contributed by atoms with E-state index in [0.717, 1.165) is 0 Å². The van der Waals surface area contributed by atoms with Crippen LogP contribution in [0.5, 0.6) is 5.75 Å². The van der Waals surface area contributed by atoms with Gasteiger partial charge in [0.05, 0.1) is 18.1 Å². The Labute approximate surface area is 97.7 Å². The van der Waals surface area contributed by atoms with Crippen molar-refractivity contribution in [3.05, 3.63) is 28.3 Å². The topological polar surface area (TPSA) is 107 Å². The summed E-state index contributed by atoms with van der Waals surface area (Å²) in [6, 6.07) is 3.45. The molecule has 7 nitrogen and oxygen atoms in total. The molecule has 0 fully saturated rings. The molecule has 3 N–H and O–H groups in total. The summed E-state index contributed by atoms with van der Waals surface area (Å²) in [5.74, 6) is -0.279. The molecule has 0 spiro atoms. The minimum Gasteiger partial charge on any atom is -0.490 e. The second-order valence-corrected chi connectivity index (χ2v) is 3.42. The number of rotatable bonds is 4. The van der Waals surface area contributed by atoms with E-state index in [1.54, 1.807) is 0 Å². The number of hydrogen-bond donors (Lipinski definition) is 2. The van der Waals surface area contributed by atoms with Crippen molar-refractivity contribution >= 4 is 17.3 Å². The van der Waals surface area contributed by atoms with Crippen LogP contribution in [0.4, 0.5) is 11.4 Å². The Bertz CT molecular complexity index is 445. The molecule has 0 bridgehead atoms. The van der Waals surface area contributed by atoms with Crippen molar-refractivity contribution in [3.63, 3.8) is 0 Å². The lowest BCUT2D eigenvalue weighted by molar-refractivity contribution is -0.385. The molecule has 0 aliphatic carbocycles. The molecule has 0 saturated heterocycles. The van der Waals surface area contributed by atoms with Crippen molar-refractivity contribution < 1.29 is 14.5 Å². The fraction of sp³-hybridized carbons (Fsp3) is 0.300. The molecular weight excluding hydrogens is 226 g/mol. The number of amides is 1. The maximum atomic E-state index is 11.3. The van der Waals surface area contributed by atoms with E-state index in [9.17, 15) is 14.9 Å². The number of nitro benzene ring substituents is 1. The summed E-state index contributed by atoms with van der Waals surface area (Å²) in [7, 11) is 1.34. The van der Waals surface area contributed by atoms with Crippen molar-refractivity contribution in [2.45, 2.75) is 13.0 Å². The van der Waals surface area contributed by atoms with E-state index in [0.29, 0.717) is 5.69 Å². The third-order valence-corrected chi connectivity index (χ3v) is 2.06. The molecule has 0 aromatic heterocycles. The summed E-state index contributed by atoms with van der Waals surface area (Å²) in [5, 5.41) is 13.2. The van der Waals surface area contributed by atoms with Gasteiger partial charge in [-0.25, -0.2) is 0 Å². The summed E-state index contributed by atoms with van der Waals surface area (Å²) >= 11 is 0. The van der Waals surface area contributed by atoms with Crippen molar-refractivity contribution in [2.24, 2.45) is 5.73 Å². The van der Waals surface area contributed by atoms with Crippen LogP contribution in [0, 0.1) is 10.1 Å². The molecule has 1 atom stereocenters. The second kappa shape index (κ2) is 5.26. The van der Waals surface area contributed by atoms with Crippen LogP contribution in [-0.4, -0.2) is 24.0 Å². The molecule has 0 aliphatic heterocycles. The number of methoxy groups -OCH3 is 1. The number of nitrogens with zero attached hydrogens (tertiary/aromatic N) is 1. The maximum Gasteiger partial charge on any atom is 0.312 e. The molecule has 0 saturated carbocycles. The zero-order valence-electron chi connectivity index (χ0n) is 9.47. The first-order valence-corrected chi connectivity index (χ1v) is 4.84. The number of ether oxygens (including phenoxy) is 1. The molecule has 1 unspecified atom stereocenters. The van der Waals surface area contributed by atoms with Gasteiger partial charge in [-0.1, -0.05) is 0 Å². The van der Waals surface area contributed by atoms with Gasteiger partial charge in [0.15, 0.2) is 5.75 Å². The lowest BCUT2D eigenvalue weighted by atomic mass is 10.2. The minimum absolute atomic E-state index is 0.133. The molecule has 1 rings (SSSR count). The van der Waals surface area contributed by atoms with E-state index in [2.05, 4.69) is 5.32 Å². The predicted molar refractivity (Wildman–Crippen MR) is 61.9 cm³/mol. The number of nitro groups is 1. The Morgan fingerprint density at radius 2 is 2.24 bits per heavy atom. The van der Waals surface area contributed by atoms with Crippen molar-refractivity contribution in [3.8, 4) is 5.75 Å². The van der Waals surface area contributed by atoms with Gasteiger partial charge in [-0.15, -0.1) is 0 Å². The van der Waals surface area contributed by atoms with Gasteiger partial charge in [0, 0.05) is 11.8 Å². The second-order valence-electron chi connectivity index (χ2n) is 3.42. The van der Waals surface area contributed by atoms with Gasteiger partial charge in [0.2, 0.25) is 5.91 Å². The van der Waals surface area contributed by atoms with E-state index in [1.807, 2.05) is 0 Å². The molecule has 0 heterocycles. The van der Waals surface area contributed by atoms with Crippen LogP contribution in [-0.2, 0) is 4.79 Å². The number of carbonyl (C=O) groups is 1. The molecule has 0 radical (unpaired) electrons. The Balaban J connectivity index is 3.00. The normalized spacial score (nSPS) is 11.7. The van der Waals surface area contributed by atoms with Crippen LogP contribution in [0.2, 0.25) is 0 Å². The fourth-order valence-corrected chi connectivity index (χ4v) is 1.17. The van der Waals surface area contributed by atoms with Gasteiger partial charge in [0.25, 0.3) is 0 Å². The van der Waals surface area contributed by atoms with Crippen LogP contribution in [0.15, 0.2) is 18.2 Å². The maximum absolute atomic E-state index is 11.3. The Hall–Kier alpha value is -2.15. The van der Waals surface area contributed by atoms with E-state index < -0.39 is 16.9 Å². The van der Waals surface area contributed by atoms with Gasteiger partial charge >= 0.3 is 5.69 Å². The predicted octanol–water partition coefficient (Wildman–Crippen LogP) is 0.889. The number of nitrogens with two attached hydrogens (primary N) is 1. The van der Waals surface area contributed by atoms with E-state index >= 15 is 0 Å². The van der Waals surface area contributed by atoms with Crippen LogP contribution in [0.3, 0.4) is 0 Å². The summed E-state index contributed by atoms with van der Waals surface area (Å²) in [6.45, 7) is 1.52. The highest BCUT2D eigenvalue weighted by Crippen LogP contribution is 2.29. The molecule has 1 amide bonds. The standard InChI is InChI=1S/C10H13N3O4/c1-6(11)10(14)12-7-3-4-9(17-2)8(5-7)13(15)16/h3-6H,11H2,1-2H3,(H,12,14). The quantitative estimate of drug-likeness (QED) is 0.599. The van der Waals surface area contributed by atoms with Crippen molar-refractivity contribution in [1.29, 1.82) is 0 Å². The van der Waals surface area contributed by atoms with E-state index in [4.69, 9.17) is 10.5 Å². The molecule has 1 aromatic carbocycles. The van der Waals surface area contributed by atoms with Gasteiger partial charge in [-0.05, 0) is 19.1 Å². The largest absolute Gasteiger partial charge is 0.490 e. The van der Waals surface area contributed by atoms with Gasteiger partial charge in [-0.3, -0.25) is 14.9 Å². The van der Waals surface area contributed by atoms with Crippen LogP contribution in [0.1, 0.15) is 6.92 Å². The lowest BCUT2D eigenvalue weighted by Gasteiger charge is -2.08. The summed E-state index contributed by atoms with van der Waals surface area (Å²) in [5.41, 5.74) is 5.46. The average Bonchev–Trinajstić information content (AvgIpc) is 2.28. The summed E-state index contributed by atoms with van der Waals surface area (Å²) < 4.78 is 4.83. The van der Waals surface area contributed by atoms with Gasteiger partial charge < -0.3 is 15.8 Å². The minimum atomic E-state index is -0.684. The zero-order chi connectivity index (χ0) is 13.0. The number of benzene rings is 1. The number of anilines is 1. The van der Waals surface area contributed by atoms with Crippen molar-refractivity contribution in [1.82, 2.24) is 0 Å². The van der Waals surface area contributed by atoms with Crippen molar-refractivity contribution in [2.75, 3.05) is 12.4 Å². The average molecular weight is 239 g/mol. The van der Waals surface area contributed by atoms with E-state index in [-0.39, 0.29) is 11.4 Å². The first-order chi connectivity index (χ1) is 7.95. The highest BCUT2D eigenvalue weighted by Gasteiger charge is 2.16. The number of hydrogen-bond acceptors (Lipinski definition) is 5. The third-order valence-electron chi connectivity index (χ3n) is 2.06. The highest BCUT2D eigenvalue weighted by atomic mass is 16.6. The van der Waals surface area contributed by atoms with Crippen LogP contribution < -0.4 is 15.8 Å². The smallest absolute Gasteiger partial charge is 0.312 e. The first kappa shape index (κ1) is 12.9. The third kappa shape index (κ3) is 3.15. The Morgan fingerprint density at radius 3 is 2.71 bits per heavy atom. The van der Waals surface area contributed by atoms with E-state index in [1.165, 1.54) is 32.2 Å². The van der Waals surface area contributed by atoms with Crippen LogP contribution in [0.25, 0.3) is 0 Å². The fourth-order valence-electron chi connectivity index (χ4n) is 1.17. The number of nitrogens with one attached hydrogen (secondary N) is 1. The van der Waals surface area contributed by atoms with Crippen LogP contribution >= 0.6 is 0 Å². The molecular formula is C10H13N3O4. The molecule has 0 aliphatic rings. The lowest BCUT2D eigenvalue weighted by Crippen LogP contribution is -2.32. The number of carbonyl (C=O) groups excluding carboxylic acids is 1. The van der Waals surface area contributed by atoms with Gasteiger partial charge in [-0.2, -0.15) is 0 Å². The summed E-state index contributed by atoms with van der Waals surface area (Å²) in [6.07, 6.45) is 0. The highest BCUT2D eigenvalue weighted by molar-refractivity contribution is 5.94. The molecule has 1 aromatic rings. The van der Waals surface area contributed by atoms with Gasteiger partial charge in [0.1, 0.15) is 0 Å². The first-order valence-electron chi connectivity index (χ1n) is 4.84. The Morgan fingerprint density at radius 1 is 1.59 bits per heavy atom. The zero-order valence-corrected chi connectivity index (χ0v) is 9.47. The SMILES string of the molecule is COc1ccc(NC(=O)C(C)N)cc1[N+](=O)[O-]. The monoisotopic (exact) mass is 239 g/mol.